The molecule has 5 heteroatoms. The molecule has 0 aliphatic rings. The van der Waals surface area contributed by atoms with E-state index in [2.05, 4.69) is 11.2 Å². The van der Waals surface area contributed by atoms with Crippen molar-refractivity contribution in [3.8, 4) is 12.3 Å². The number of hydrogen-bond donors (Lipinski definition) is 1. The lowest BCUT2D eigenvalue weighted by molar-refractivity contribution is -0.385. The van der Waals surface area contributed by atoms with Gasteiger partial charge in [-0.1, -0.05) is 5.92 Å². The van der Waals surface area contributed by atoms with E-state index in [0.29, 0.717) is 0 Å². The van der Waals surface area contributed by atoms with Crippen molar-refractivity contribution in [3.63, 3.8) is 0 Å². The largest absolute Gasteiger partial charge is 0.300 e. The highest BCUT2D eigenvalue weighted by Crippen LogP contribution is 2.19. The zero-order chi connectivity index (χ0) is 12.1. The van der Waals surface area contributed by atoms with E-state index in [1.54, 1.807) is 6.92 Å². The van der Waals surface area contributed by atoms with Crippen LogP contribution < -0.4 is 5.32 Å². The number of rotatable bonds is 4. The molecule has 0 aliphatic carbocycles. The van der Waals surface area contributed by atoms with Crippen molar-refractivity contribution in [1.82, 2.24) is 5.32 Å². The van der Waals surface area contributed by atoms with Crippen LogP contribution in [0.25, 0.3) is 0 Å². The average molecular weight is 222 g/mol. The third-order valence-electron chi connectivity index (χ3n) is 2.09. The SMILES string of the molecule is C#CC(C)NCc1cc(F)ccc1[N+](=O)[O-]. The summed E-state index contributed by atoms with van der Waals surface area (Å²) in [6, 6.07) is 3.12. The van der Waals surface area contributed by atoms with Gasteiger partial charge in [0.1, 0.15) is 5.82 Å². The van der Waals surface area contributed by atoms with Gasteiger partial charge in [0.15, 0.2) is 0 Å². The van der Waals surface area contributed by atoms with E-state index in [1.807, 2.05) is 0 Å². The Balaban J connectivity index is 2.89. The van der Waals surface area contributed by atoms with E-state index in [0.717, 1.165) is 18.2 Å². The lowest BCUT2D eigenvalue weighted by Gasteiger charge is -2.07. The second-order valence-electron chi connectivity index (χ2n) is 3.30. The molecule has 1 atom stereocenters. The van der Waals surface area contributed by atoms with Gasteiger partial charge in [0.25, 0.3) is 5.69 Å². The zero-order valence-corrected chi connectivity index (χ0v) is 8.74. The minimum atomic E-state index is -0.545. The normalized spacial score (nSPS) is 11.8. The van der Waals surface area contributed by atoms with E-state index in [-0.39, 0.29) is 23.8 Å². The molecule has 84 valence electrons. The maximum atomic E-state index is 12.9. The maximum Gasteiger partial charge on any atom is 0.274 e. The van der Waals surface area contributed by atoms with Crippen LogP contribution in [-0.2, 0) is 6.54 Å². The molecule has 1 aromatic carbocycles. The molecule has 0 fully saturated rings. The number of nitrogens with zero attached hydrogens (tertiary/aromatic N) is 1. The number of nitro benzene ring substituents is 1. The number of terminal acetylenes is 1. The minimum Gasteiger partial charge on any atom is -0.300 e. The summed E-state index contributed by atoms with van der Waals surface area (Å²) in [4.78, 5) is 10.1. The van der Waals surface area contributed by atoms with Crippen LogP contribution in [-0.4, -0.2) is 11.0 Å². The molecular formula is C11H11FN2O2. The Labute approximate surface area is 92.6 Å². The topological polar surface area (TPSA) is 55.2 Å². The van der Waals surface area contributed by atoms with Crippen molar-refractivity contribution < 1.29 is 9.31 Å². The predicted molar refractivity (Wildman–Crippen MR) is 58.2 cm³/mol. The Bertz CT molecular complexity index is 440. The van der Waals surface area contributed by atoms with Crippen LogP contribution >= 0.6 is 0 Å². The third-order valence-corrected chi connectivity index (χ3v) is 2.09. The molecule has 0 heterocycles. The summed E-state index contributed by atoms with van der Waals surface area (Å²) in [5.41, 5.74) is 0.172. The molecule has 0 spiro atoms. The quantitative estimate of drug-likeness (QED) is 0.480. The molecule has 0 saturated heterocycles. The summed E-state index contributed by atoms with van der Waals surface area (Å²) >= 11 is 0. The van der Waals surface area contributed by atoms with E-state index in [4.69, 9.17) is 6.42 Å². The van der Waals surface area contributed by atoms with Crippen molar-refractivity contribution in [2.24, 2.45) is 0 Å². The summed E-state index contributed by atoms with van der Waals surface area (Å²) in [7, 11) is 0. The summed E-state index contributed by atoms with van der Waals surface area (Å²) in [6.07, 6.45) is 5.14. The molecule has 1 N–H and O–H groups in total. The fourth-order valence-electron chi connectivity index (χ4n) is 1.20. The highest BCUT2D eigenvalue weighted by molar-refractivity contribution is 5.40. The van der Waals surface area contributed by atoms with Gasteiger partial charge in [-0.25, -0.2) is 4.39 Å². The first-order chi connectivity index (χ1) is 7.54. The number of halogens is 1. The summed E-state index contributed by atoms with van der Waals surface area (Å²) < 4.78 is 12.9. The molecule has 1 aromatic rings. The summed E-state index contributed by atoms with van der Waals surface area (Å²) in [6.45, 7) is 1.91. The number of benzene rings is 1. The number of hydrogen-bond acceptors (Lipinski definition) is 3. The van der Waals surface area contributed by atoms with Crippen LogP contribution in [0.5, 0.6) is 0 Å². The Hall–Kier alpha value is -1.93. The molecule has 0 saturated carbocycles. The Morgan fingerprint density at radius 3 is 2.94 bits per heavy atom. The minimum absolute atomic E-state index is 0.113. The van der Waals surface area contributed by atoms with E-state index in [9.17, 15) is 14.5 Å². The van der Waals surface area contributed by atoms with Gasteiger partial charge in [-0.15, -0.1) is 6.42 Å². The monoisotopic (exact) mass is 222 g/mol. The first kappa shape index (κ1) is 12.1. The predicted octanol–water partition coefficient (Wildman–Crippen LogP) is 1.85. The van der Waals surface area contributed by atoms with Gasteiger partial charge in [-0.05, 0) is 19.1 Å². The Morgan fingerprint density at radius 2 is 2.38 bits per heavy atom. The lowest BCUT2D eigenvalue weighted by Crippen LogP contribution is -2.24. The van der Waals surface area contributed by atoms with E-state index in [1.165, 1.54) is 0 Å². The van der Waals surface area contributed by atoms with Crippen LogP contribution in [0.4, 0.5) is 10.1 Å². The van der Waals surface area contributed by atoms with Gasteiger partial charge in [-0.3, -0.25) is 15.4 Å². The summed E-state index contributed by atoms with van der Waals surface area (Å²) in [5.74, 6) is 1.92. The molecule has 0 aliphatic heterocycles. The Morgan fingerprint density at radius 1 is 1.69 bits per heavy atom. The van der Waals surface area contributed by atoms with Gasteiger partial charge >= 0.3 is 0 Å². The van der Waals surface area contributed by atoms with Crippen molar-refractivity contribution in [2.45, 2.75) is 19.5 Å². The molecule has 0 bridgehead atoms. The van der Waals surface area contributed by atoms with Gasteiger partial charge in [0.05, 0.1) is 11.0 Å². The van der Waals surface area contributed by atoms with Crippen LogP contribution in [0, 0.1) is 28.3 Å². The van der Waals surface area contributed by atoms with Gasteiger partial charge in [-0.2, -0.15) is 0 Å². The highest BCUT2D eigenvalue weighted by Gasteiger charge is 2.14. The standard InChI is InChI=1S/C11H11FN2O2/c1-3-8(2)13-7-9-6-10(12)4-5-11(9)14(15)16/h1,4-6,8,13H,7H2,2H3. The molecule has 1 unspecified atom stereocenters. The Kier molecular flexibility index (Phi) is 3.97. The van der Waals surface area contributed by atoms with Crippen molar-refractivity contribution >= 4 is 5.69 Å². The maximum absolute atomic E-state index is 12.9. The highest BCUT2D eigenvalue weighted by atomic mass is 19.1. The fourth-order valence-corrected chi connectivity index (χ4v) is 1.20. The van der Waals surface area contributed by atoms with Crippen molar-refractivity contribution in [1.29, 1.82) is 0 Å². The van der Waals surface area contributed by atoms with Gasteiger partial charge in [0.2, 0.25) is 0 Å². The van der Waals surface area contributed by atoms with Crippen molar-refractivity contribution in [3.05, 3.63) is 39.7 Å². The second kappa shape index (κ2) is 5.24. The van der Waals surface area contributed by atoms with E-state index < -0.39 is 10.7 Å². The molecular weight excluding hydrogens is 211 g/mol. The smallest absolute Gasteiger partial charge is 0.274 e. The molecule has 1 rings (SSSR count). The number of nitrogens with one attached hydrogen (secondary N) is 1. The molecule has 0 amide bonds. The van der Waals surface area contributed by atoms with Crippen LogP contribution in [0.15, 0.2) is 18.2 Å². The van der Waals surface area contributed by atoms with Crippen LogP contribution in [0.1, 0.15) is 12.5 Å². The van der Waals surface area contributed by atoms with Crippen LogP contribution in [0.3, 0.4) is 0 Å². The average Bonchev–Trinajstić information content (AvgIpc) is 2.25. The summed E-state index contributed by atoms with van der Waals surface area (Å²) in [5, 5.41) is 13.5. The number of nitro groups is 1. The first-order valence-electron chi connectivity index (χ1n) is 4.67. The molecule has 0 aromatic heterocycles. The second-order valence-corrected chi connectivity index (χ2v) is 3.30. The molecule has 0 radical (unpaired) electrons. The third kappa shape index (κ3) is 3.04. The van der Waals surface area contributed by atoms with E-state index >= 15 is 0 Å². The molecule has 4 nitrogen and oxygen atoms in total. The zero-order valence-electron chi connectivity index (χ0n) is 8.74. The van der Waals surface area contributed by atoms with Gasteiger partial charge in [0, 0.05) is 18.2 Å². The van der Waals surface area contributed by atoms with Gasteiger partial charge < -0.3 is 0 Å². The fraction of sp³-hybridized carbons (Fsp3) is 0.273. The molecule has 16 heavy (non-hydrogen) atoms. The van der Waals surface area contributed by atoms with Crippen molar-refractivity contribution in [2.75, 3.05) is 0 Å². The van der Waals surface area contributed by atoms with Crippen LogP contribution in [0.2, 0.25) is 0 Å². The first-order valence-corrected chi connectivity index (χ1v) is 4.67. The lowest BCUT2D eigenvalue weighted by atomic mass is 10.1.